The highest BCUT2D eigenvalue weighted by Crippen LogP contribution is 2.50. The Labute approximate surface area is 121 Å². The lowest BCUT2D eigenvalue weighted by Crippen LogP contribution is -2.20. The molecular formula is C14H18N2O3S. The van der Waals surface area contributed by atoms with Crippen molar-refractivity contribution in [2.24, 2.45) is 17.8 Å². The predicted octanol–water partition coefficient (Wildman–Crippen LogP) is 1.86. The molecule has 108 valence electrons. The molecule has 1 aromatic rings. The van der Waals surface area contributed by atoms with Crippen molar-refractivity contribution < 1.29 is 9.90 Å². The summed E-state index contributed by atoms with van der Waals surface area (Å²) < 4.78 is 1.97. The maximum Gasteiger partial charge on any atom is 0.313 e. The quantitative estimate of drug-likeness (QED) is 0.614. The third kappa shape index (κ3) is 3.42. The van der Waals surface area contributed by atoms with Gasteiger partial charge in [0, 0.05) is 18.8 Å². The molecule has 2 aliphatic carbocycles. The van der Waals surface area contributed by atoms with Crippen LogP contribution in [-0.2, 0) is 11.3 Å². The van der Waals surface area contributed by atoms with E-state index >= 15 is 0 Å². The molecule has 0 aliphatic heterocycles. The molecule has 0 saturated heterocycles. The summed E-state index contributed by atoms with van der Waals surface area (Å²) in [5.74, 6) is 1.36. The molecule has 5 nitrogen and oxygen atoms in total. The molecule has 2 fully saturated rings. The van der Waals surface area contributed by atoms with Crippen molar-refractivity contribution in [3.05, 3.63) is 22.6 Å². The molecule has 2 saturated carbocycles. The SMILES string of the molecule is O=C(O)CSc1nc(=O)ccn1CC(C1CC1)C1CC1. The fraction of sp³-hybridized carbons (Fsp3) is 0.643. The topological polar surface area (TPSA) is 72.2 Å². The molecule has 0 aromatic carbocycles. The first-order valence-electron chi connectivity index (χ1n) is 7.05. The standard InChI is InChI=1S/C14H18N2O3S/c17-12-5-6-16(14(15-12)20-8-13(18)19)7-11(9-1-2-9)10-3-4-10/h5-6,9-11H,1-4,7-8H2,(H,18,19). The third-order valence-corrected chi connectivity index (χ3v) is 5.01. The van der Waals surface area contributed by atoms with Crippen LogP contribution >= 0.6 is 11.8 Å². The second-order valence-electron chi connectivity index (χ2n) is 5.72. The second-order valence-corrected chi connectivity index (χ2v) is 6.66. The molecule has 6 heteroatoms. The lowest BCUT2D eigenvalue weighted by atomic mass is 9.98. The van der Waals surface area contributed by atoms with Gasteiger partial charge in [-0.25, -0.2) is 0 Å². The highest BCUT2D eigenvalue weighted by atomic mass is 32.2. The predicted molar refractivity (Wildman–Crippen MR) is 75.8 cm³/mol. The summed E-state index contributed by atoms with van der Waals surface area (Å²) in [6, 6.07) is 1.46. The van der Waals surface area contributed by atoms with Crippen LogP contribution in [0.2, 0.25) is 0 Å². The van der Waals surface area contributed by atoms with Crippen LogP contribution in [0.5, 0.6) is 0 Å². The third-order valence-electron chi connectivity index (χ3n) is 4.04. The fourth-order valence-electron chi connectivity index (χ4n) is 2.75. The Hall–Kier alpha value is -1.30. The Balaban J connectivity index is 1.76. The fourth-order valence-corrected chi connectivity index (χ4v) is 3.46. The van der Waals surface area contributed by atoms with Crippen molar-refractivity contribution in [1.82, 2.24) is 9.55 Å². The molecule has 20 heavy (non-hydrogen) atoms. The maximum absolute atomic E-state index is 11.4. The van der Waals surface area contributed by atoms with E-state index in [9.17, 15) is 9.59 Å². The number of carboxylic acids is 1. The number of thioether (sulfide) groups is 1. The zero-order chi connectivity index (χ0) is 14.1. The molecule has 1 N–H and O–H groups in total. The van der Waals surface area contributed by atoms with E-state index in [0.29, 0.717) is 11.1 Å². The molecule has 0 bridgehead atoms. The minimum absolute atomic E-state index is 0.0615. The lowest BCUT2D eigenvalue weighted by Gasteiger charge is -2.19. The van der Waals surface area contributed by atoms with Crippen molar-refractivity contribution in [3.63, 3.8) is 0 Å². The van der Waals surface area contributed by atoms with Crippen LogP contribution in [-0.4, -0.2) is 26.4 Å². The average Bonchev–Trinajstić information content (AvgIpc) is 3.27. The normalized spacial score (nSPS) is 18.4. The summed E-state index contributed by atoms with van der Waals surface area (Å²) in [5.41, 5.74) is -0.302. The van der Waals surface area contributed by atoms with Gasteiger partial charge in [-0.3, -0.25) is 9.59 Å². The van der Waals surface area contributed by atoms with Gasteiger partial charge in [-0.15, -0.1) is 0 Å². The Morgan fingerprint density at radius 3 is 2.60 bits per heavy atom. The molecule has 0 radical (unpaired) electrons. The number of hydrogen-bond donors (Lipinski definition) is 1. The minimum Gasteiger partial charge on any atom is -0.481 e. The van der Waals surface area contributed by atoms with Gasteiger partial charge in [0.25, 0.3) is 5.56 Å². The van der Waals surface area contributed by atoms with Gasteiger partial charge >= 0.3 is 5.97 Å². The van der Waals surface area contributed by atoms with Crippen LogP contribution in [0.3, 0.4) is 0 Å². The van der Waals surface area contributed by atoms with Gasteiger partial charge in [-0.05, 0) is 43.4 Å². The van der Waals surface area contributed by atoms with Gasteiger partial charge < -0.3 is 9.67 Å². The molecule has 2 aliphatic rings. The van der Waals surface area contributed by atoms with Gasteiger partial charge in [0.2, 0.25) is 0 Å². The molecule has 0 amide bonds. The lowest BCUT2D eigenvalue weighted by molar-refractivity contribution is -0.133. The minimum atomic E-state index is -0.888. The summed E-state index contributed by atoms with van der Waals surface area (Å²) in [5, 5.41) is 9.31. The van der Waals surface area contributed by atoms with Crippen LogP contribution in [0.1, 0.15) is 25.7 Å². The first kappa shape index (κ1) is 13.7. The van der Waals surface area contributed by atoms with Gasteiger partial charge in [0.05, 0.1) is 5.75 Å². The Morgan fingerprint density at radius 2 is 2.05 bits per heavy atom. The van der Waals surface area contributed by atoms with Crippen LogP contribution < -0.4 is 5.56 Å². The van der Waals surface area contributed by atoms with E-state index in [1.165, 1.54) is 31.7 Å². The van der Waals surface area contributed by atoms with E-state index in [4.69, 9.17) is 5.11 Å². The van der Waals surface area contributed by atoms with E-state index in [1.807, 2.05) is 4.57 Å². The monoisotopic (exact) mass is 294 g/mol. The van der Waals surface area contributed by atoms with Crippen LogP contribution in [0, 0.1) is 17.8 Å². The van der Waals surface area contributed by atoms with Gasteiger partial charge in [0.1, 0.15) is 0 Å². The number of rotatable bonds is 7. The Morgan fingerprint density at radius 1 is 1.40 bits per heavy atom. The summed E-state index contributed by atoms with van der Waals surface area (Å²) >= 11 is 1.13. The molecule has 1 heterocycles. The number of aromatic nitrogens is 2. The van der Waals surface area contributed by atoms with E-state index in [-0.39, 0.29) is 11.3 Å². The smallest absolute Gasteiger partial charge is 0.313 e. The highest BCUT2D eigenvalue weighted by molar-refractivity contribution is 7.99. The number of carbonyl (C=O) groups is 1. The summed E-state index contributed by atoms with van der Waals surface area (Å²) in [4.78, 5) is 26.0. The zero-order valence-corrected chi connectivity index (χ0v) is 12.0. The van der Waals surface area contributed by atoms with Crippen LogP contribution in [0.15, 0.2) is 22.2 Å². The van der Waals surface area contributed by atoms with Crippen molar-refractivity contribution in [1.29, 1.82) is 0 Å². The largest absolute Gasteiger partial charge is 0.481 e. The summed E-state index contributed by atoms with van der Waals surface area (Å²) in [6.45, 7) is 0.866. The zero-order valence-electron chi connectivity index (χ0n) is 11.2. The van der Waals surface area contributed by atoms with E-state index in [1.54, 1.807) is 6.20 Å². The first-order chi connectivity index (χ1) is 9.63. The van der Waals surface area contributed by atoms with Crippen molar-refractivity contribution in [2.75, 3.05) is 5.75 Å². The van der Waals surface area contributed by atoms with Crippen LogP contribution in [0.4, 0.5) is 0 Å². The second kappa shape index (κ2) is 5.60. The molecule has 0 unspecified atom stereocenters. The summed E-state index contributed by atoms with van der Waals surface area (Å²) in [6.07, 6.45) is 7.01. The number of aliphatic carboxylic acids is 1. The van der Waals surface area contributed by atoms with E-state index < -0.39 is 5.97 Å². The Kier molecular flexibility index (Phi) is 3.83. The van der Waals surface area contributed by atoms with Gasteiger partial charge in [0.15, 0.2) is 5.16 Å². The molecule has 0 atom stereocenters. The van der Waals surface area contributed by atoms with Gasteiger partial charge in [-0.2, -0.15) is 4.98 Å². The Bertz CT molecular complexity index is 552. The van der Waals surface area contributed by atoms with E-state index in [2.05, 4.69) is 4.98 Å². The molecule has 1 aromatic heterocycles. The molecular weight excluding hydrogens is 276 g/mol. The highest BCUT2D eigenvalue weighted by Gasteiger charge is 2.41. The maximum atomic E-state index is 11.4. The first-order valence-corrected chi connectivity index (χ1v) is 8.04. The molecule has 3 rings (SSSR count). The van der Waals surface area contributed by atoms with Gasteiger partial charge in [-0.1, -0.05) is 11.8 Å². The number of hydrogen-bond acceptors (Lipinski definition) is 4. The number of nitrogens with zero attached hydrogens (tertiary/aromatic N) is 2. The van der Waals surface area contributed by atoms with Crippen molar-refractivity contribution in [2.45, 2.75) is 37.4 Å². The van der Waals surface area contributed by atoms with Crippen molar-refractivity contribution in [3.8, 4) is 0 Å². The summed E-state index contributed by atoms with van der Waals surface area (Å²) in [7, 11) is 0. The molecule has 0 spiro atoms. The van der Waals surface area contributed by atoms with E-state index in [0.717, 1.165) is 30.1 Å². The number of carboxylic acid groups (broad SMARTS) is 1. The van der Waals surface area contributed by atoms with Crippen LogP contribution in [0.25, 0.3) is 0 Å². The average molecular weight is 294 g/mol. The van der Waals surface area contributed by atoms with Crippen molar-refractivity contribution >= 4 is 17.7 Å².